The molecular weight excluding hydrogens is 637 g/mol. The molecule has 0 unspecified atom stereocenters. The lowest BCUT2D eigenvalue weighted by Gasteiger charge is -2.26. The summed E-state index contributed by atoms with van der Waals surface area (Å²) in [4.78, 5) is 4.79. The van der Waals surface area contributed by atoms with Gasteiger partial charge in [0.1, 0.15) is 0 Å². The molecule has 5 aromatic rings. The van der Waals surface area contributed by atoms with Crippen molar-refractivity contribution >= 4 is 43.0 Å². The molecule has 44 heavy (non-hydrogen) atoms. The Hall–Kier alpha value is -3.68. The second-order valence-corrected chi connectivity index (χ2v) is 13.2. The molecule has 0 aliphatic heterocycles. The van der Waals surface area contributed by atoms with Crippen molar-refractivity contribution in [2.45, 2.75) is 29.6 Å². The van der Waals surface area contributed by atoms with Crippen molar-refractivity contribution in [3.63, 3.8) is 0 Å². The van der Waals surface area contributed by atoms with Gasteiger partial charge in [-0.2, -0.15) is 17.9 Å². The van der Waals surface area contributed by atoms with Gasteiger partial charge in [-0.05, 0) is 59.8 Å². The van der Waals surface area contributed by atoms with E-state index in [0.717, 1.165) is 6.07 Å². The van der Waals surface area contributed by atoms with Crippen LogP contribution in [0, 0.1) is 0 Å². The highest BCUT2D eigenvalue weighted by Gasteiger charge is 2.51. The molecule has 2 atom stereocenters. The van der Waals surface area contributed by atoms with Gasteiger partial charge in [-0.25, -0.2) is 8.42 Å². The largest absolute Gasteiger partial charge is 0.493 e. The Bertz CT molecular complexity index is 1940. The first kappa shape index (κ1) is 31.7. The van der Waals surface area contributed by atoms with Crippen LogP contribution >= 0.6 is 22.9 Å². The lowest BCUT2D eigenvalue weighted by Crippen LogP contribution is -2.39. The first-order valence-corrected chi connectivity index (χ1v) is 15.7. The Kier molecular flexibility index (Phi) is 8.67. The summed E-state index contributed by atoms with van der Waals surface area (Å²) in [6.07, 6.45) is -3.69. The molecule has 7 nitrogen and oxygen atoms in total. The molecule has 13 heteroatoms. The number of rotatable bonds is 9. The van der Waals surface area contributed by atoms with Crippen molar-refractivity contribution < 1.29 is 36.2 Å². The zero-order valence-corrected chi connectivity index (χ0v) is 25.9. The molecule has 0 fully saturated rings. The first-order valence-electron chi connectivity index (χ1n) is 13.0. The number of hydrogen-bond acceptors (Lipinski definition) is 7. The number of pyridine rings is 1. The van der Waals surface area contributed by atoms with E-state index in [1.807, 2.05) is 0 Å². The van der Waals surface area contributed by atoms with E-state index >= 15 is 0 Å². The number of fused-ring (bicyclic) bond motifs is 1. The molecule has 0 aliphatic rings. The number of nitrogens with zero attached hydrogens (tertiary/aromatic N) is 1. The lowest BCUT2D eigenvalue weighted by atomic mass is 9.94. The fourth-order valence-electron chi connectivity index (χ4n) is 4.66. The Morgan fingerprint density at radius 1 is 0.955 bits per heavy atom. The molecule has 0 amide bonds. The summed E-state index contributed by atoms with van der Waals surface area (Å²) in [6, 6.07) is 19.5. The first-order chi connectivity index (χ1) is 20.8. The summed E-state index contributed by atoms with van der Waals surface area (Å²) in [6.45, 7) is 0.689. The summed E-state index contributed by atoms with van der Waals surface area (Å²) in [5.41, 5.74) is -2.23. The average Bonchev–Trinajstić information content (AvgIpc) is 3.44. The van der Waals surface area contributed by atoms with Crippen LogP contribution in [0.3, 0.4) is 0 Å². The second kappa shape index (κ2) is 12.0. The van der Waals surface area contributed by atoms with Crippen LogP contribution in [-0.4, -0.2) is 38.9 Å². The van der Waals surface area contributed by atoms with Gasteiger partial charge in [0, 0.05) is 32.4 Å². The fraction of sp³-hybridized carbons (Fsp3) is 0.194. The van der Waals surface area contributed by atoms with Gasteiger partial charge in [-0.15, -0.1) is 11.3 Å². The van der Waals surface area contributed by atoms with Gasteiger partial charge in [-0.1, -0.05) is 48.0 Å². The van der Waals surface area contributed by atoms with E-state index in [-0.39, 0.29) is 21.9 Å². The molecule has 5 rings (SSSR count). The van der Waals surface area contributed by atoms with Gasteiger partial charge < -0.3 is 14.6 Å². The zero-order chi connectivity index (χ0) is 31.9. The van der Waals surface area contributed by atoms with E-state index < -0.39 is 27.8 Å². The van der Waals surface area contributed by atoms with Gasteiger partial charge in [0.25, 0.3) is 0 Å². The average molecular weight is 663 g/mol. The zero-order valence-electron chi connectivity index (χ0n) is 23.5. The summed E-state index contributed by atoms with van der Waals surface area (Å²) < 4.78 is 82.1. The number of thiophene rings is 1. The van der Waals surface area contributed by atoms with Crippen molar-refractivity contribution in [3.8, 4) is 22.8 Å². The SMILES string of the molecule is COc1ccc(S(=O)(=O)N[C@@H](c2cc3cccc(-c4cc([C@@](C)(O)C(F)(F)F)ccn4)c3s2)c2ccccc2Cl)cc1OC. The number of methoxy groups -OCH3 is 2. The van der Waals surface area contributed by atoms with Crippen LogP contribution in [0.4, 0.5) is 13.2 Å². The lowest BCUT2D eigenvalue weighted by molar-refractivity contribution is -0.258. The third-order valence-corrected chi connectivity index (χ3v) is 10.2. The van der Waals surface area contributed by atoms with E-state index in [0.29, 0.717) is 43.8 Å². The Morgan fingerprint density at radius 2 is 1.68 bits per heavy atom. The molecule has 2 N–H and O–H groups in total. The molecule has 0 radical (unpaired) electrons. The van der Waals surface area contributed by atoms with E-state index in [9.17, 15) is 26.7 Å². The topological polar surface area (TPSA) is 97.8 Å². The van der Waals surface area contributed by atoms with Crippen LogP contribution in [0.2, 0.25) is 5.02 Å². The number of aromatic nitrogens is 1. The molecule has 3 aromatic carbocycles. The third-order valence-electron chi connectivity index (χ3n) is 7.15. The molecule has 2 heterocycles. The number of nitrogens with one attached hydrogen (secondary N) is 1. The molecule has 0 spiro atoms. The van der Waals surface area contributed by atoms with Gasteiger partial charge in [-0.3, -0.25) is 4.98 Å². The standard InChI is InChI=1S/C31H26ClF3N2O5S2/c1-30(38,31(33,34)35)19-13-14-36-24(16-19)22-9-6-7-18-15-27(43-29(18)22)28(21-8-4-5-10-23(21)32)37-44(39,40)20-11-12-25(41-2)26(17-20)42-3/h4-17,28,37-38H,1-3H3/t28-,30-/m1/s1. The minimum absolute atomic E-state index is 0.0632. The van der Waals surface area contributed by atoms with Crippen molar-refractivity contribution in [1.29, 1.82) is 0 Å². The van der Waals surface area contributed by atoms with Crippen LogP contribution in [0.25, 0.3) is 21.3 Å². The summed E-state index contributed by atoms with van der Waals surface area (Å²) in [5, 5.41) is 11.3. The highest BCUT2D eigenvalue weighted by atomic mass is 35.5. The summed E-state index contributed by atoms with van der Waals surface area (Å²) >= 11 is 7.81. The van der Waals surface area contributed by atoms with Crippen molar-refractivity contribution in [1.82, 2.24) is 9.71 Å². The van der Waals surface area contributed by atoms with Crippen molar-refractivity contribution in [2.24, 2.45) is 0 Å². The number of hydrogen-bond donors (Lipinski definition) is 2. The fourth-order valence-corrected chi connectivity index (χ4v) is 7.44. The number of alkyl halides is 3. The van der Waals surface area contributed by atoms with Crippen LogP contribution in [0.1, 0.15) is 29.0 Å². The Labute approximate surface area is 260 Å². The van der Waals surface area contributed by atoms with Gasteiger partial charge in [0.05, 0.1) is 30.9 Å². The van der Waals surface area contributed by atoms with Crippen LogP contribution < -0.4 is 14.2 Å². The Balaban J connectivity index is 1.62. The quantitative estimate of drug-likeness (QED) is 0.170. The van der Waals surface area contributed by atoms with E-state index in [4.69, 9.17) is 21.1 Å². The number of aliphatic hydroxyl groups is 1. The minimum atomic E-state index is -4.90. The third kappa shape index (κ3) is 6.00. The van der Waals surface area contributed by atoms with E-state index in [1.165, 1.54) is 56.0 Å². The maximum Gasteiger partial charge on any atom is 0.421 e. The molecule has 0 bridgehead atoms. The molecule has 2 aromatic heterocycles. The smallest absolute Gasteiger partial charge is 0.421 e. The van der Waals surface area contributed by atoms with Gasteiger partial charge >= 0.3 is 6.18 Å². The predicted molar refractivity (Wildman–Crippen MR) is 164 cm³/mol. The van der Waals surface area contributed by atoms with Crippen molar-refractivity contribution in [3.05, 3.63) is 106 Å². The number of sulfonamides is 1. The van der Waals surface area contributed by atoms with Crippen LogP contribution in [-0.2, 0) is 15.6 Å². The highest BCUT2D eigenvalue weighted by molar-refractivity contribution is 7.89. The van der Waals surface area contributed by atoms with Crippen molar-refractivity contribution in [2.75, 3.05) is 14.2 Å². The summed E-state index contributed by atoms with van der Waals surface area (Å²) in [5.74, 6) is 0.593. The van der Waals surface area contributed by atoms with Crippen LogP contribution in [0.5, 0.6) is 11.5 Å². The normalized spacial score (nSPS) is 14.3. The molecule has 0 aliphatic carbocycles. The summed E-state index contributed by atoms with van der Waals surface area (Å²) in [7, 11) is -1.31. The number of benzene rings is 3. The number of halogens is 4. The Morgan fingerprint density at radius 3 is 2.36 bits per heavy atom. The van der Waals surface area contributed by atoms with Gasteiger partial charge in [0.2, 0.25) is 10.0 Å². The second-order valence-electron chi connectivity index (χ2n) is 9.97. The minimum Gasteiger partial charge on any atom is -0.493 e. The monoisotopic (exact) mass is 662 g/mol. The predicted octanol–water partition coefficient (Wildman–Crippen LogP) is 7.47. The van der Waals surface area contributed by atoms with E-state index in [1.54, 1.807) is 48.5 Å². The molecule has 0 saturated carbocycles. The molecule has 230 valence electrons. The maximum absolute atomic E-state index is 13.7. The maximum atomic E-state index is 13.7. The molecular formula is C31H26ClF3N2O5S2. The highest BCUT2D eigenvalue weighted by Crippen LogP contribution is 2.43. The van der Waals surface area contributed by atoms with E-state index in [2.05, 4.69) is 9.71 Å². The van der Waals surface area contributed by atoms with Crippen LogP contribution in [0.15, 0.2) is 90.0 Å². The van der Waals surface area contributed by atoms with Gasteiger partial charge in [0.15, 0.2) is 17.1 Å². The number of ether oxygens (including phenoxy) is 2. The molecule has 0 saturated heterocycles.